The Balaban J connectivity index is 2.10. The van der Waals surface area contributed by atoms with E-state index in [9.17, 15) is 4.79 Å². The summed E-state index contributed by atoms with van der Waals surface area (Å²) in [6.45, 7) is 1.86. The van der Waals surface area contributed by atoms with Crippen molar-refractivity contribution in [3.05, 3.63) is 65.7 Å². The first-order chi connectivity index (χ1) is 8.75. The van der Waals surface area contributed by atoms with E-state index in [1.54, 1.807) is 12.3 Å². The first-order valence-corrected chi connectivity index (χ1v) is 5.70. The molecule has 0 fully saturated rings. The Morgan fingerprint density at radius 2 is 2.00 bits per heavy atom. The summed E-state index contributed by atoms with van der Waals surface area (Å²) in [6.07, 6.45) is 1.61. The van der Waals surface area contributed by atoms with Gasteiger partial charge in [0.2, 0.25) is 5.78 Å². The van der Waals surface area contributed by atoms with Gasteiger partial charge in [0.25, 0.3) is 0 Å². The molecule has 3 heteroatoms. The quantitative estimate of drug-likeness (QED) is 0.642. The molecular formula is C15H11NO2. The van der Waals surface area contributed by atoms with Gasteiger partial charge in [-0.15, -0.1) is 0 Å². The molecule has 3 rings (SSSR count). The number of pyridine rings is 1. The van der Waals surface area contributed by atoms with Gasteiger partial charge in [0.1, 0.15) is 11.3 Å². The third-order valence-electron chi connectivity index (χ3n) is 2.87. The van der Waals surface area contributed by atoms with E-state index in [-0.39, 0.29) is 5.78 Å². The van der Waals surface area contributed by atoms with Gasteiger partial charge < -0.3 is 4.42 Å². The standard InChI is InChI=1S/C15H11NO2/c1-10-5-4-8-16-14(10)15(17)13-9-11-6-2-3-7-12(11)18-13/h2-9H,1H3. The van der Waals surface area contributed by atoms with E-state index >= 15 is 0 Å². The number of nitrogens with zero attached hydrogens (tertiary/aromatic N) is 1. The lowest BCUT2D eigenvalue weighted by Crippen LogP contribution is -2.04. The Bertz CT molecular complexity index is 695. The van der Waals surface area contributed by atoms with Gasteiger partial charge >= 0.3 is 0 Å². The number of para-hydroxylation sites is 1. The topological polar surface area (TPSA) is 43.1 Å². The van der Waals surface area contributed by atoms with Crippen LogP contribution in [0.1, 0.15) is 21.8 Å². The van der Waals surface area contributed by atoms with Gasteiger partial charge in [-0.1, -0.05) is 24.3 Å². The Kier molecular flexibility index (Phi) is 2.45. The van der Waals surface area contributed by atoms with Crippen molar-refractivity contribution in [1.29, 1.82) is 0 Å². The molecule has 1 aromatic carbocycles. The molecular weight excluding hydrogens is 226 g/mol. The van der Waals surface area contributed by atoms with Gasteiger partial charge in [-0.25, -0.2) is 0 Å². The maximum absolute atomic E-state index is 12.3. The average molecular weight is 237 g/mol. The molecule has 2 heterocycles. The van der Waals surface area contributed by atoms with Crippen LogP contribution in [-0.4, -0.2) is 10.8 Å². The first-order valence-electron chi connectivity index (χ1n) is 5.70. The Morgan fingerprint density at radius 1 is 1.17 bits per heavy atom. The average Bonchev–Trinajstić information content (AvgIpc) is 2.82. The highest BCUT2D eigenvalue weighted by Crippen LogP contribution is 2.21. The van der Waals surface area contributed by atoms with E-state index in [0.29, 0.717) is 11.5 Å². The molecule has 88 valence electrons. The molecule has 0 saturated heterocycles. The fraction of sp³-hybridized carbons (Fsp3) is 0.0667. The molecule has 0 N–H and O–H groups in total. The molecule has 0 amide bonds. The summed E-state index contributed by atoms with van der Waals surface area (Å²) in [5.74, 6) is 0.155. The van der Waals surface area contributed by atoms with Gasteiger partial charge in [-0.05, 0) is 30.7 Å². The summed E-state index contributed by atoms with van der Waals surface area (Å²) < 4.78 is 5.55. The number of carbonyl (C=O) groups excluding carboxylic acids is 1. The normalized spacial score (nSPS) is 10.7. The second-order valence-corrected chi connectivity index (χ2v) is 4.15. The van der Waals surface area contributed by atoms with Crippen LogP contribution in [0.2, 0.25) is 0 Å². The SMILES string of the molecule is Cc1cccnc1C(=O)c1cc2ccccc2o1. The number of aryl methyl sites for hydroxylation is 1. The van der Waals surface area contributed by atoms with Crippen molar-refractivity contribution < 1.29 is 9.21 Å². The minimum atomic E-state index is -0.177. The van der Waals surface area contributed by atoms with E-state index in [0.717, 1.165) is 16.5 Å². The van der Waals surface area contributed by atoms with Crippen molar-refractivity contribution in [1.82, 2.24) is 4.98 Å². The lowest BCUT2D eigenvalue weighted by molar-refractivity contribution is 0.101. The molecule has 0 spiro atoms. The lowest BCUT2D eigenvalue weighted by Gasteiger charge is -1.99. The number of furan rings is 1. The zero-order chi connectivity index (χ0) is 12.5. The summed E-state index contributed by atoms with van der Waals surface area (Å²) in [4.78, 5) is 16.4. The van der Waals surface area contributed by atoms with Crippen LogP contribution in [0.4, 0.5) is 0 Å². The highest BCUT2D eigenvalue weighted by Gasteiger charge is 2.17. The molecule has 3 aromatic rings. The van der Waals surface area contributed by atoms with Crippen molar-refractivity contribution in [2.45, 2.75) is 6.92 Å². The third-order valence-corrected chi connectivity index (χ3v) is 2.87. The molecule has 0 aliphatic carbocycles. The number of hydrogen-bond donors (Lipinski definition) is 0. The van der Waals surface area contributed by atoms with Gasteiger partial charge in [0.15, 0.2) is 5.76 Å². The second-order valence-electron chi connectivity index (χ2n) is 4.15. The van der Waals surface area contributed by atoms with Gasteiger partial charge in [0, 0.05) is 11.6 Å². The van der Waals surface area contributed by atoms with E-state index in [4.69, 9.17) is 4.42 Å². The number of benzene rings is 1. The smallest absolute Gasteiger partial charge is 0.246 e. The molecule has 0 unspecified atom stereocenters. The molecule has 0 saturated carbocycles. The van der Waals surface area contributed by atoms with E-state index in [1.165, 1.54) is 0 Å². The summed E-state index contributed by atoms with van der Waals surface area (Å²) in [6, 6.07) is 13.0. The summed E-state index contributed by atoms with van der Waals surface area (Å²) in [5, 5.41) is 0.925. The van der Waals surface area contributed by atoms with E-state index in [2.05, 4.69) is 4.98 Å². The highest BCUT2D eigenvalue weighted by atomic mass is 16.3. The molecule has 0 bridgehead atoms. The molecule has 0 aliphatic rings. The van der Waals surface area contributed by atoms with Crippen LogP contribution < -0.4 is 0 Å². The number of rotatable bonds is 2. The molecule has 0 radical (unpaired) electrons. The van der Waals surface area contributed by atoms with Crippen molar-refractivity contribution in [3.8, 4) is 0 Å². The lowest BCUT2D eigenvalue weighted by atomic mass is 10.1. The van der Waals surface area contributed by atoms with Crippen molar-refractivity contribution >= 4 is 16.8 Å². The van der Waals surface area contributed by atoms with Crippen LogP contribution in [-0.2, 0) is 0 Å². The third kappa shape index (κ3) is 1.70. The highest BCUT2D eigenvalue weighted by molar-refractivity contribution is 6.08. The maximum Gasteiger partial charge on any atom is 0.246 e. The van der Waals surface area contributed by atoms with Crippen LogP contribution >= 0.6 is 0 Å². The Hall–Kier alpha value is -2.42. The van der Waals surface area contributed by atoms with Crippen LogP contribution in [0.25, 0.3) is 11.0 Å². The first kappa shape index (κ1) is 10.7. The second kappa shape index (κ2) is 4.11. The maximum atomic E-state index is 12.3. The number of ketones is 1. The van der Waals surface area contributed by atoms with Crippen LogP contribution in [0.3, 0.4) is 0 Å². The van der Waals surface area contributed by atoms with E-state index in [1.807, 2.05) is 43.3 Å². The number of fused-ring (bicyclic) bond motifs is 1. The minimum absolute atomic E-state index is 0.177. The Morgan fingerprint density at radius 3 is 2.78 bits per heavy atom. The summed E-state index contributed by atoms with van der Waals surface area (Å²) in [7, 11) is 0. The summed E-state index contributed by atoms with van der Waals surface area (Å²) >= 11 is 0. The minimum Gasteiger partial charge on any atom is -0.453 e. The van der Waals surface area contributed by atoms with Crippen LogP contribution in [0.15, 0.2) is 53.1 Å². The number of aromatic nitrogens is 1. The zero-order valence-electron chi connectivity index (χ0n) is 9.88. The molecule has 0 aliphatic heterocycles. The monoisotopic (exact) mass is 237 g/mol. The summed E-state index contributed by atoms with van der Waals surface area (Å²) in [5.41, 5.74) is 2.01. The molecule has 3 nitrogen and oxygen atoms in total. The predicted octanol–water partition coefficient (Wildman–Crippen LogP) is 3.37. The zero-order valence-corrected chi connectivity index (χ0v) is 9.88. The molecule has 2 aromatic heterocycles. The van der Waals surface area contributed by atoms with E-state index < -0.39 is 0 Å². The number of carbonyl (C=O) groups is 1. The predicted molar refractivity (Wildman–Crippen MR) is 68.6 cm³/mol. The van der Waals surface area contributed by atoms with Gasteiger partial charge in [-0.2, -0.15) is 0 Å². The fourth-order valence-corrected chi connectivity index (χ4v) is 1.93. The van der Waals surface area contributed by atoms with Gasteiger partial charge in [0.05, 0.1) is 0 Å². The van der Waals surface area contributed by atoms with Crippen molar-refractivity contribution in [2.24, 2.45) is 0 Å². The van der Waals surface area contributed by atoms with Crippen LogP contribution in [0, 0.1) is 6.92 Å². The molecule has 18 heavy (non-hydrogen) atoms. The van der Waals surface area contributed by atoms with Crippen molar-refractivity contribution in [3.63, 3.8) is 0 Å². The Labute approximate surface area is 104 Å². The fourth-order valence-electron chi connectivity index (χ4n) is 1.93. The van der Waals surface area contributed by atoms with Crippen molar-refractivity contribution in [2.75, 3.05) is 0 Å². The van der Waals surface area contributed by atoms with Crippen LogP contribution in [0.5, 0.6) is 0 Å². The van der Waals surface area contributed by atoms with Gasteiger partial charge in [-0.3, -0.25) is 9.78 Å². The molecule has 0 atom stereocenters. The number of hydrogen-bond acceptors (Lipinski definition) is 3. The largest absolute Gasteiger partial charge is 0.453 e.